The number of primary amides is 1. The monoisotopic (exact) mass is 412 g/mol. The van der Waals surface area contributed by atoms with Crippen LogP contribution in [0.4, 0.5) is 0 Å². The molecule has 2 aromatic rings. The molecule has 24 heavy (non-hydrogen) atoms. The fourth-order valence-electron chi connectivity index (χ4n) is 1.39. The van der Waals surface area contributed by atoms with Crippen molar-refractivity contribution < 1.29 is 16.8 Å². The van der Waals surface area contributed by atoms with Crippen LogP contribution >= 0.6 is 46.8 Å². The highest BCUT2D eigenvalue weighted by molar-refractivity contribution is 8.01. The Labute approximate surface area is 167 Å². The molecule has 9 heteroatoms. The first-order valence-corrected chi connectivity index (χ1v) is 9.13. The maximum atomic E-state index is 11.2. The number of hydrogen-bond donors (Lipinski definition) is 3. The lowest BCUT2D eigenvalue weighted by Gasteiger charge is -2.22. The first-order valence-electron chi connectivity index (χ1n) is 9.12. The lowest BCUT2D eigenvalue weighted by Crippen LogP contribution is -2.41. The van der Waals surface area contributed by atoms with Gasteiger partial charge in [-0.05, 0) is 32.9 Å². The zero-order valence-electron chi connectivity index (χ0n) is 18.2. The smallest absolute Gasteiger partial charge is 0.258 e. The van der Waals surface area contributed by atoms with E-state index in [9.17, 15) is 9.90 Å². The molecular weight excluding hydrogens is 386 g/mol. The number of carbonyl (C=O) groups excluding carboxylic acids is 1. The van der Waals surface area contributed by atoms with Gasteiger partial charge in [0.25, 0.3) is 5.91 Å². The molecule has 1 unspecified atom stereocenters. The average molecular weight is 413 g/mol. The number of nitrogens with zero attached hydrogens (tertiary/aromatic N) is 1. The molecule has 0 saturated heterocycles. The predicted molar refractivity (Wildman–Crippen MR) is 106 cm³/mol. The number of thiazole rings is 1. The summed E-state index contributed by atoms with van der Waals surface area (Å²) in [5.74, 6) is -0.551. The zero-order chi connectivity index (χ0) is 21.5. The van der Waals surface area contributed by atoms with Gasteiger partial charge < -0.3 is 16.2 Å². The minimum atomic E-state index is -3.11. The SMILES string of the molecule is Cl.[2H]C([2H])(NC(C)(C)C)C([2H])(O)C([2H])([2H])Sc1nc(-c2ccc(C(N)=O)s2)cs1. The van der Waals surface area contributed by atoms with Crippen LogP contribution in [0.25, 0.3) is 10.6 Å². The second-order valence-corrected chi connectivity index (χ2v) is 8.57. The number of aromatic nitrogens is 1. The van der Waals surface area contributed by atoms with Crippen molar-refractivity contribution in [1.82, 2.24) is 10.3 Å². The first-order chi connectivity index (χ1) is 12.6. The van der Waals surface area contributed by atoms with Crippen molar-refractivity contribution in [1.29, 1.82) is 0 Å². The number of nitrogens with two attached hydrogens (primary N) is 1. The summed E-state index contributed by atoms with van der Waals surface area (Å²) >= 11 is 2.72. The molecule has 2 heterocycles. The molecule has 0 aliphatic rings. The summed E-state index contributed by atoms with van der Waals surface area (Å²) in [6.45, 7) is 2.22. The van der Waals surface area contributed by atoms with Crippen molar-refractivity contribution in [2.75, 3.05) is 12.2 Å². The molecule has 0 spiro atoms. The van der Waals surface area contributed by atoms with Crippen LogP contribution in [0.3, 0.4) is 0 Å². The maximum absolute atomic E-state index is 11.2. The van der Waals surface area contributed by atoms with Gasteiger partial charge in [-0.2, -0.15) is 0 Å². The van der Waals surface area contributed by atoms with E-state index in [0.717, 1.165) is 22.7 Å². The highest BCUT2D eigenvalue weighted by atomic mass is 35.5. The van der Waals surface area contributed by atoms with Crippen LogP contribution in [0.1, 0.15) is 37.3 Å². The van der Waals surface area contributed by atoms with Crippen LogP contribution in [-0.4, -0.2) is 39.8 Å². The molecule has 4 N–H and O–H groups in total. The van der Waals surface area contributed by atoms with E-state index in [0.29, 0.717) is 27.2 Å². The van der Waals surface area contributed by atoms with Gasteiger partial charge in [0.2, 0.25) is 0 Å². The highest BCUT2D eigenvalue weighted by Gasteiger charge is 2.14. The van der Waals surface area contributed by atoms with Gasteiger partial charge in [0.15, 0.2) is 4.34 Å². The van der Waals surface area contributed by atoms with Gasteiger partial charge in [-0.25, -0.2) is 4.98 Å². The summed E-state index contributed by atoms with van der Waals surface area (Å²) in [5, 5.41) is 14.6. The number of β-amino-alcohol motifs (C(OH)–C–C–N with tert-alkyl or cyclic N) is 1. The molecule has 0 saturated carbocycles. The van der Waals surface area contributed by atoms with Crippen molar-refractivity contribution in [2.24, 2.45) is 5.73 Å². The van der Waals surface area contributed by atoms with Gasteiger partial charge >= 0.3 is 0 Å². The molecule has 1 atom stereocenters. The fourth-order valence-corrected chi connectivity index (χ4v) is 3.67. The topological polar surface area (TPSA) is 88.2 Å². The molecule has 0 aromatic carbocycles. The van der Waals surface area contributed by atoms with E-state index in [1.807, 2.05) is 0 Å². The highest BCUT2D eigenvalue weighted by Crippen LogP contribution is 2.32. The van der Waals surface area contributed by atoms with E-state index in [1.54, 1.807) is 38.3 Å². The van der Waals surface area contributed by atoms with Crippen molar-refractivity contribution in [2.45, 2.75) is 36.7 Å². The van der Waals surface area contributed by atoms with Crippen LogP contribution in [0.5, 0.6) is 0 Å². The molecule has 0 aliphatic carbocycles. The minimum absolute atomic E-state index is 0. The molecule has 0 fully saturated rings. The number of halogens is 1. The average Bonchev–Trinajstić information content (AvgIpc) is 3.12. The predicted octanol–water partition coefficient (Wildman–Crippen LogP) is 3.23. The van der Waals surface area contributed by atoms with E-state index in [1.165, 1.54) is 0 Å². The summed E-state index contributed by atoms with van der Waals surface area (Å²) in [6, 6.07) is 3.25. The Hall–Kier alpha value is -0.640. The summed E-state index contributed by atoms with van der Waals surface area (Å²) in [6.07, 6.45) is -3.11. The first kappa shape index (κ1) is 14.5. The Balaban J connectivity index is 0.00000420. The van der Waals surface area contributed by atoms with E-state index >= 15 is 0 Å². The van der Waals surface area contributed by atoms with E-state index in [4.69, 9.17) is 12.6 Å². The number of amides is 1. The molecule has 2 rings (SSSR count). The van der Waals surface area contributed by atoms with Crippen molar-refractivity contribution in [3.05, 3.63) is 22.4 Å². The maximum Gasteiger partial charge on any atom is 0.258 e. The number of rotatable bonds is 7. The molecule has 5 nitrogen and oxygen atoms in total. The van der Waals surface area contributed by atoms with E-state index < -0.39 is 29.7 Å². The van der Waals surface area contributed by atoms with Crippen molar-refractivity contribution in [3.63, 3.8) is 0 Å². The number of thioether (sulfide) groups is 1. The Morgan fingerprint density at radius 2 is 2.29 bits per heavy atom. The second-order valence-electron chi connectivity index (χ2n) is 5.58. The summed E-state index contributed by atoms with van der Waals surface area (Å²) < 4.78 is 40.5. The molecule has 0 bridgehead atoms. The Morgan fingerprint density at radius 3 is 2.88 bits per heavy atom. The standard InChI is InChI=1S/C15H21N3O2S3.ClH/c1-15(2,3)17-6-9(19)7-21-14-18-10(8-22-14)11-4-5-12(23-11)13(16)20;/h4-5,8-9,17,19H,6-7H2,1-3H3,(H2,16,20);1H/i6D2,7D2,9D;. The number of hydrogen-bond acceptors (Lipinski definition) is 7. The quantitative estimate of drug-likeness (QED) is 0.607. The number of carbonyl (C=O) groups is 1. The largest absolute Gasteiger partial charge is 0.391 e. The van der Waals surface area contributed by atoms with Gasteiger partial charge in [0.1, 0.15) is 0 Å². The van der Waals surface area contributed by atoms with Gasteiger partial charge in [-0.1, -0.05) is 11.8 Å². The van der Waals surface area contributed by atoms with Crippen LogP contribution in [0.15, 0.2) is 21.9 Å². The summed E-state index contributed by atoms with van der Waals surface area (Å²) in [7, 11) is 0. The lowest BCUT2D eigenvalue weighted by atomic mass is 10.1. The third-order valence-electron chi connectivity index (χ3n) is 2.38. The molecule has 1 amide bonds. The van der Waals surface area contributed by atoms with Gasteiger partial charge in [-0.15, -0.1) is 35.1 Å². The van der Waals surface area contributed by atoms with Crippen LogP contribution in [0.2, 0.25) is 0 Å². The fraction of sp³-hybridized carbons (Fsp3) is 0.467. The Kier molecular flexibility index (Phi) is 5.55. The van der Waals surface area contributed by atoms with Crippen LogP contribution < -0.4 is 11.1 Å². The third-order valence-corrected chi connectivity index (χ3v) is 5.23. The number of thiophene rings is 1. The molecule has 2 aromatic heterocycles. The third kappa shape index (κ3) is 6.70. The van der Waals surface area contributed by atoms with Gasteiger partial charge in [0.05, 0.1) is 22.9 Å². The Morgan fingerprint density at radius 1 is 1.58 bits per heavy atom. The lowest BCUT2D eigenvalue weighted by molar-refractivity contribution is 0.100. The van der Waals surface area contributed by atoms with Gasteiger partial charge in [-0.3, -0.25) is 4.79 Å². The number of aliphatic hydroxyl groups is 1. The van der Waals surface area contributed by atoms with E-state index in [-0.39, 0.29) is 16.7 Å². The zero-order valence-corrected chi connectivity index (χ0v) is 16.5. The summed E-state index contributed by atoms with van der Waals surface area (Å²) in [5.41, 5.74) is 2.24. The second kappa shape index (κ2) is 9.17. The van der Waals surface area contributed by atoms with Crippen LogP contribution in [0, 0.1) is 0 Å². The molecule has 0 radical (unpaired) electrons. The van der Waals surface area contributed by atoms with E-state index in [2.05, 4.69) is 10.3 Å². The van der Waals surface area contributed by atoms with Crippen molar-refractivity contribution in [3.8, 4) is 10.6 Å². The van der Waals surface area contributed by atoms with Crippen molar-refractivity contribution >= 4 is 52.7 Å². The van der Waals surface area contributed by atoms with Gasteiger partial charge in [0, 0.05) is 28.6 Å². The minimum Gasteiger partial charge on any atom is -0.391 e. The normalized spacial score (nSPS) is 18.2. The number of nitrogens with one attached hydrogen (secondary N) is 1. The molecular formula is C15H22ClN3O2S3. The van der Waals surface area contributed by atoms with Crippen LogP contribution in [-0.2, 0) is 0 Å². The molecule has 0 aliphatic heterocycles. The Bertz CT molecular complexity index is 867. The summed E-state index contributed by atoms with van der Waals surface area (Å²) in [4.78, 5) is 16.5. The molecule has 134 valence electrons.